The Morgan fingerprint density at radius 3 is 2.21 bits per heavy atom. The second-order valence-electron chi connectivity index (χ2n) is 7.04. The van der Waals surface area contributed by atoms with Gasteiger partial charge in [-0.15, -0.1) is 10.2 Å². The predicted octanol–water partition coefficient (Wildman–Crippen LogP) is 4.78. The van der Waals surface area contributed by atoms with Crippen LogP contribution in [-0.2, 0) is 12.3 Å². The molecule has 0 saturated heterocycles. The number of nitrogens with one attached hydrogen (secondary N) is 1. The van der Waals surface area contributed by atoms with Crippen LogP contribution in [0.4, 0.5) is 8.78 Å². The smallest absolute Gasteiger partial charge is 0.251 e. The van der Waals surface area contributed by atoms with E-state index >= 15 is 0 Å². The van der Waals surface area contributed by atoms with Crippen LogP contribution in [0, 0.1) is 11.6 Å². The summed E-state index contributed by atoms with van der Waals surface area (Å²) >= 11 is 1.41. The Kier molecular flexibility index (Phi) is 6.99. The molecule has 0 aliphatic rings. The van der Waals surface area contributed by atoms with Gasteiger partial charge in [-0.05, 0) is 66.2 Å². The molecular formula is C24H20F2N4O2S. The first-order valence-electron chi connectivity index (χ1n) is 10.0. The van der Waals surface area contributed by atoms with Crippen LogP contribution >= 0.6 is 11.8 Å². The van der Waals surface area contributed by atoms with Crippen molar-refractivity contribution in [3.05, 3.63) is 101 Å². The second-order valence-corrected chi connectivity index (χ2v) is 7.98. The number of carbonyl (C=O) groups is 1. The van der Waals surface area contributed by atoms with Gasteiger partial charge < -0.3 is 10.1 Å². The van der Waals surface area contributed by atoms with E-state index in [4.69, 9.17) is 4.74 Å². The van der Waals surface area contributed by atoms with Gasteiger partial charge in [0.1, 0.15) is 17.4 Å². The molecule has 0 unspecified atom stereocenters. The molecule has 0 bridgehead atoms. The van der Waals surface area contributed by atoms with Crippen molar-refractivity contribution in [2.24, 2.45) is 0 Å². The molecule has 9 heteroatoms. The first kappa shape index (κ1) is 22.5. The Balaban J connectivity index is 1.54. The molecule has 168 valence electrons. The molecule has 1 N–H and O–H groups in total. The lowest BCUT2D eigenvalue weighted by molar-refractivity contribution is 0.0949. The highest BCUT2D eigenvalue weighted by atomic mass is 32.2. The van der Waals surface area contributed by atoms with Crippen molar-refractivity contribution in [3.63, 3.8) is 0 Å². The fourth-order valence-electron chi connectivity index (χ4n) is 3.09. The lowest BCUT2D eigenvalue weighted by Gasteiger charge is -2.11. The topological polar surface area (TPSA) is 69.0 Å². The molecule has 4 aromatic rings. The number of amides is 1. The van der Waals surface area contributed by atoms with Crippen LogP contribution in [-0.4, -0.2) is 27.8 Å². The Hall–Kier alpha value is -3.72. The molecule has 33 heavy (non-hydrogen) atoms. The quantitative estimate of drug-likeness (QED) is 0.379. The lowest BCUT2D eigenvalue weighted by Crippen LogP contribution is -2.24. The summed E-state index contributed by atoms with van der Waals surface area (Å²) in [6.45, 7) is 0.117. The monoisotopic (exact) mass is 466 g/mol. The Morgan fingerprint density at radius 2 is 1.58 bits per heavy atom. The molecule has 1 heterocycles. The standard InChI is InChI=1S/C24H20F2N4O2S/c1-32-21-12-4-17(5-13-21)23(31)27-14-22-28-29-24(30(22)20-10-8-19(26)9-11-20)33-15-16-2-6-18(25)7-3-16/h2-13H,14-15H2,1H3,(H,27,31). The summed E-state index contributed by atoms with van der Waals surface area (Å²) < 4.78 is 33.5. The molecule has 0 saturated carbocycles. The number of aromatic nitrogens is 3. The van der Waals surface area contributed by atoms with Gasteiger partial charge in [-0.25, -0.2) is 8.78 Å². The molecule has 0 aliphatic heterocycles. The highest BCUT2D eigenvalue weighted by Crippen LogP contribution is 2.26. The van der Waals surface area contributed by atoms with Crippen LogP contribution in [0.3, 0.4) is 0 Å². The van der Waals surface area contributed by atoms with E-state index in [-0.39, 0.29) is 24.1 Å². The summed E-state index contributed by atoms with van der Waals surface area (Å²) in [6, 6.07) is 18.9. The van der Waals surface area contributed by atoms with E-state index in [1.54, 1.807) is 60.2 Å². The predicted molar refractivity (Wildman–Crippen MR) is 121 cm³/mol. The first-order chi connectivity index (χ1) is 16.0. The fraction of sp³-hybridized carbons (Fsp3) is 0.125. The highest BCUT2D eigenvalue weighted by molar-refractivity contribution is 7.98. The van der Waals surface area contributed by atoms with Gasteiger partial charge in [-0.3, -0.25) is 9.36 Å². The van der Waals surface area contributed by atoms with E-state index in [2.05, 4.69) is 15.5 Å². The second kappa shape index (κ2) is 10.3. The number of rotatable bonds is 8. The lowest BCUT2D eigenvalue weighted by atomic mass is 10.2. The van der Waals surface area contributed by atoms with Gasteiger partial charge in [-0.2, -0.15) is 0 Å². The van der Waals surface area contributed by atoms with Gasteiger partial charge in [0.05, 0.1) is 13.7 Å². The van der Waals surface area contributed by atoms with E-state index in [0.717, 1.165) is 5.56 Å². The third-order valence-corrected chi connectivity index (χ3v) is 5.83. The zero-order valence-corrected chi connectivity index (χ0v) is 18.5. The van der Waals surface area contributed by atoms with Gasteiger partial charge in [-0.1, -0.05) is 23.9 Å². The zero-order chi connectivity index (χ0) is 23.2. The van der Waals surface area contributed by atoms with Gasteiger partial charge in [0.25, 0.3) is 5.91 Å². The average molecular weight is 467 g/mol. The van der Waals surface area contributed by atoms with Crippen molar-refractivity contribution < 1.29 is 18.3 Å². The number of nitrogens with zero attached hydrogens (tertiary/aromatic N) is 3. The summed E-state index contributed by atoms with van der Waals surface area (Å²) in [5.41, 5.74) is 2.07. The van der Waals surface area contributed by atoms with Crippen LogP contribution in [0.1, 0.15) is 21.7 Å². The Bertz CT molecular complexity index is 1230. The van der Waals surface area contributed by atoms with Crippen LogP contribution in [0.2, 0.25) is 0 Å². The number of ether oxygens (including phenoxy) is 1. The number of thioether (sulfide) groups is 1. The summed E-state index contributed by atoms with van der Waals surface area (Å²) in [5.74, 6) is 0.759. The van der Waals surface area contributed by atoms with Crippen molar-refractivity contribution in [1.29, 1.82) is 0 Å². The van der Waals surface area contributed by atoms with Crippen LogP contribution in [0.25, 0.3) is 5.69 Å². The van der Waals surface area contributed by atoms with E-state index in [9.17, 15) is 13.6 Å². The average Bonchev–Trinajstić information content (AvgIpc) is 3.25. The van der Waals surface area contributed by atoms with E-state index in [0.29, 0.717) is 33.7 Å². The third kappa shape index (κ3) is 5.56. The number of carbonyl (C=O) groups excluding carboxylic acids is 1. The van der Waals surface area contributed by atoms with Crippen molar-refractivity contribution >= 4 is 17.7 Å². The minimum absolute atomic E-state index is 0.117. The minimum Gasteiger partial charge on any atom is -0.497 e. The molecule has 3 aromatic carbocycles. The molecule has 0 fully saturated rings. The summed E-state index contributed by atoms with van der Waals surface area (Å²) in [6.07, 6.45) is 0. The maximum absolute atomic E-state index is 13.5. The highest BCUT2D eigenvalue weighted by Gasteiger charge is 2.16. The molecule has 0 aliphatic carbocycles. The summed E-state index contributed by atoms with van der Waals surface area (Å²) in [4.78, 5) is 12.6. The number of hydrogen-bond donors (Lipinski definition) is 1. The number of hydrogen-bond acceptors (Lipinski definition) is 5. The van der Waals surface area contributed by atoms with Crippen molar-refractivity contribution in [3.8, 4) is 11.4 Å². The number of halogens is 2. The maximum atomic E-state index is 13.5. The largest absolute Gasteiger partial charge is 0.497 e. The zero-order valence-electron chi connectivity index (χ0n) is 17.7. The molecule has 0 spiro atoms. The van der Waals surface area contributed by atoms with Gasteiger partial charge in [0, 0.05) is 17.0 Å². The summed E-state index contributed by atoms with van der Waals surface area (Å²) in [5, 5.41) is 11.9. The Morgan fingerprint density at radius 1 is 0.939 bits per heavy atom. The molecule has 4 rings (SSSR count). The van der Waals surface area contributed by atoms with Crippen LogP contribution < -0.4 is 10.1 Å². The molecule has 1 amide bonds. The van der Waals surface area contributed by atoms with E-state index in [1.165, 1.54) is 36.0 Å². The molecule has 0 atom stereocenters. The van der Waals surface area contributed by atoms with E-state index in [1.807, 2.05) is 0 Å². The van der Waals surface area contributed by atoms with Gasteiger partial charge >= 0.3 is 0 Å². The van der Waals surface area contributed by atoms with Crippen molar-refractivity contribution in [2.75, 3.05) is 7.11 Å². The van der Waals surface area contributed by atoms with Crippen molar-refractivity contribution in [1.82, 2.24) is 20.1 Å². The number of methoxy groups -OCH3 is 1. The third-order valence-electron chi connectivity index (χ3n) is 4.83. The normalized spacial score (nSPS) is 10.8. The van der Waals surface area contributed by atoms with E-state index < -0.39 is 0 Å². The maximum Gasteiger partial charge on any atom is 0.251 e. The Labute approximate surface area is 193 Å². The SMILES string of the molecule is COc1ccc(C(=O)NCc2nnc(SCc3ccc(F)cc3)n2-c2ccc(F)cc2)cc1. The van der Waals surface area contributed by atoms with Crippen LogP contribution in [0.5, 0.6) is 5.75 Å². The summed E-state index contributed by atoms with van der Waals surface area (Å²) in [7, 11) is 1.56. The fourth-order valence-corrected chi connectivity index (χ4v) is 4.02. The molecule has 0 radical (unpaired) electrons. The van der Waals surface area contributed by atoms with Crippen molar-refractivity contribution in [2.45, 2.75) is 17.5 Å². The van der Waals surface area contributed by atoms with Gasteiger partial charge in [0.15, 0.2) is 11.0 Å². The van der Waals surface area contributed by atoms with Gasteiger partial charge in [0.2, 0.25) is 0 Å². The molecule has 1 aromatic heterocycles. The van der Waals surface area contributed by atoms with Crippen LogP contribution in [0.15, 0.2) is 78.0 Å². The first-order valence-corrected chi connectivity index (χ1v) is 11.0. The minimum atomic E-state index is -0.360. The molecular weight excluding hydrogens is 446 g/mol. The number of benzene rings is 3. The molecule has 6 nitrogen and oxygen atoms in total.